The molecule has 1 fully saturated rings. The summed E-state index contributed by atoms with van der Waals surface area (Å²) in [5.74, 6) is 0.0263. The molecular formula is C14H19N3O3. The van der Waals surface area contributed by atoms with Gasteiger partial charge in [0.15, 0.2) is 0 Å². The minimum atomic E-state index is -0.269. The number of methoxy groups -OCH3 is 1. The van der Waals surface area contributed by atoms with Gasteiger partial charge in [0, 0.05) is 32.3 Å². The summed E-state index contributed by atoms with van der Waals surface area (Å²) < 4.78 is 4.85. The van der Waals surface area contributed by atoms with E-state index in [-0.39, 0.29) is 18.0 Å². The summed E-state index contributed by atoms with van der Waals surface area (Å²) in [5.41, 5.74) is 0.863. The van der Waals surface area contributed by atoms with Crippen LogP contribution in [0, 0.1) is 0 Å². The van der Waals surface area contributed by atoms with Gasteiger partial charge >= 0.3 is 6.03 Å². The first-order valence-electron chi connectivity index (χ1n) is 6.59. The van der Waals surface area contributed by atoms with Gasteiger partial charge in [-0.2, -0.15) is 0 Å². The third-order valence-corrected chi connectivity index (χ3v) is 3.12. The van der Waals surface area contributed by atoms with Crippen molar-refractivity contribution in [2.45, 2.75) is 12.5 Å². The van der Waals surface area contributed by atoms with Crippen LogP contribution in [0.5, 0.6) is 0 Å². The lowest BCUT2D eigenvalue weighted by molar-refractivity contribution is -0.117. The zero-order valence-electron chi connectivity index (χ0n) is 11.5. The second kappa shape index (κ2) is 6.91. The molecule has 2 rings (SSSR count). The van der Waals surface area contributed by atoms with Gasteiger partial charge in [0.05, 0.1) is 12.6 Å². The summed E-state index contributed by atoms with van der Waals surface area (Å²) in [7, 11) is 1.58. The van der Waals surface area contributed by atoms with Crippen LogP contribution in [-0.4, -0.2) is 44.8 Å². The van der Waals surface area contributed by atoms with Crippen molar-refractivity contribution in [3.05, 3.63) is 30.3 Å². The van der Waals surface area contributed by atoms with Gasteiger partial charge in [-0.3, -0.25) is 4.79 Å². The number of benzene rings is 1. The van der Waals surface area contributed by atoms with Crippen molar-refractivity contribution in [3.8, 4) is 0 Å². The summed E-state index contributed by atoms with van der Waals surface area (Å²) in [5, 5.41) is 5.47. The highest BCUT2D eigenvalue weighted by Gasteiger charge is 2.31. The Bertz CT molecular complexity index is 464. The molecule has 20 heavy (non-hydrogen) atoms. The van der Waals surface area contributed by atoms with Gasteiger partial charge < -0.3 is 20.3 Å². The number of para-hydroxylation sites is 1. The summed E-state index contributed by atoms with van der Waals surface area (Å²) in [6, 6.07) is 9.03. The fourth-order valence-electron chi connectivity index (χ4n) is 2.16. The van der Waals surface area contributed by atoms with Crippen molar-refractivity contribution in [2.75, 3.05) is 31.7 Å². The highest BCUT2D eigenvalue weighted by Crippen LogP contribution is 2.20. The Morgan fingerprint density at radius 1 is 1.40 bits per heavy atom. The lowest BCUT2D eigenvalue weighted by atomic mass is 10.2. The quantitative estimate of drug-likeness (QED) is 0.780. The van der Waals surface area contributed by atoms with Crippen molar-refractivity contribution in [2.24, 2.45) is 0 Å². The Kier molecular flexibility index (Phi) is 4.95. The average Bonchev–Trinajstić information content (AvgIpc) is 2.81. The predicted molar refractivity (Wildman–Crippen MR) is 75.6 cm³/mol. The molecule has 2 N–H and O–H groups in total. The van der Waals surface area contributed by atoms with E-state index >= 15 is 0 Å². The van der Waals surface area contributed by atoms with Crippen LogP contribution in [0.4, 0.5) is 10.5 Å². The first kappa shape index (κ1) is 14.3. The van der Waals surface area contributed by atoms with Gasteiger partial charge in [0.2, 0.25) is 5.91 Å². The summed E-state index contributed by atoms with van der Waals surface area (Å²) in [6.07, 6.45) is 0.326. The molecule has 108 valence electrons. The van der Waals surface area contributed by atoms with Crippen molar-refractivity contribution >= 4 is 17.6 Å². The van der Waals surface area contributed by atoms with E-state index in [1.165, 1.54) is 0 Å². The number of rotatable bonds is 5. The zero-order valence-corrected chi connectivity index (χ0v) is 11.5. The van der Waals surface area contributed by atoms with E-state index in [9.17, 15) is 9.59 Å². The van der Waals surface area contributed by atoms with Crippen molar-refractivity contribution in [3.63, 3.8) is 0 Å². The highest BCUT2D eigenvalue weighted by molar-refractivity contribution is 5.96. The maximum Gasteiger partial charge on any atom is 0.315 e. The monoisotopic (exact) mass is 277 g/mol. The van der Waals surface area contributed by atoms with E-state index in [4.69, 9.17) is 4.74 Å². The maximum atomic E-state index is 12.0. The maximum absolute atomic E-state index is 12.0. The van der Waals surface area contributed by atoms with Gasteiger partial charge in [0.25, 0.3) is 0 Å². The van der Waals surface area contributed by atoms with E-state index in [0.717, 1.165) is 5.69 Å². The molecule has 0 spiro atoms. The summed E-state index contributed by atoms with van der Waals surface area (Å²) >= 11 is 0. The molecule has 6 heteroatoms. The molecule has 0 unspecified atom stereocenters. The fraction of sp³-hybridized carbons (Fsp3) is 0.429. The van der Waals surface area contributed by atoms with Crippen LogP contribution >= 0.6 is 0 Å². The first-order valence-corrected chi connectivity index (χ1v) is 6.59. The molecule has 6 nitrogen and oxygen atoms in total. The first-order chi connectivity index (χ1) is 9.70. The van der Waals surface area contributed by atoms with Gasteiger partial charge in [-0.25, -0.2) is 4.79 Å². The number of hydrogen-bond donors (Lipinski definition) is 2. The Labute approximate surface area is 118 Å². The number of urea groups is 1. The number of ether oxygens (including phenoxy) is 1. The lowest BCUT2D eigenvalue weighted by Crippen LogP contribution is -2.44. The van der Waals surface area contributed by atoms with Gasteiger partial charge in [-0.1, -0.05) is 18.2 Å². The second-order valence-electron chi connectivity index (χ2n) is 4.63. The molecular weight excluding hydrogens is 258 g/mol. The molecule has 0 aliphatic carbocycles. The Balaban J connectivity index is 1.85. The standard InChI is InChI=1S/C14H19N3O3/c1-20-8-7-15-14(19)16-11-9-13(18)17(10-11)12-5-3-2-4-6-12/h2-6,11H,7-10H2,1H3,(H2,15,16,19)/t11-/m1/s1. The van der Waals surface area contributed by atoms with Crippen LogP contribution in [0.15, 0.2) is 30.3 Å². The van der Waals surface area contributed by atoms with E-state index in [0.29, 0.717) is 26.1 Å². The molecule has 0 saturated carbocycles. The molecule has 1 aromatic carbocycles. The zero-order chi connectivity index (χ0) is 14.4. The normalized spacial score (nSPS) is 18.1. The Morgan fingerprint density at radius 3 is 2.85 bits per heavy atom. The van der Waals surface area contributed by atoms with Crippen molar-refractivity contribution < 1.29 is 14.3 Å². The molecule has 1 aromatic rings. The number of anilines is 1. The molecule has 1 heterocycles. The highest BCUT2D eigenvalue weighted by atomic mass is 16.5. The number of carbonyl (C=O) groups excluding carboxylic acids is 2. The van der Waals surface area contributed by atoms with Gasteiger partial charge in [0.1, 0.15) is 0 Å². The van der Waals surface area contributed by atoms with Crippen LogP contribution in [0.25, 0.3) is 0 Å². The topological polar surface area (TPSA) is 70.7 Å². The number of nitrogens with one attached hydrogen (secondary N) is 2. The van der Waals surface area contributed by atoms with Crippen molar-refractivity contribution in [1.82, 2.24) is 10.6 Å². The van der Waals surface area contributed by atoms with Crippen molar-refractivity contribution in [1.29, 1.82) is 0 Å². The molecule has 1 atom stereocenters. The fourth-order valence-corrected chi connectivity index (χ4v) is 2.16. The van der Waals surface area contributed by atoms with E-state index in [1.807, 2.05) is 30.3 Å². The third-order valence-electron chi connectivity index (χ3n) is 3.12. The smallest absolute Gasteiger partial charge is 0.315 e. The van der Waals surface area contributed by atoms with Crippen LogP contribution < -0.4 is 15.5 Å². The third kappa shape index (κ3) is 3.71. The average molecular weight is 277 g/mol. The second-order valence-corrected chi connectivity index (χ2v) is 4.63. The lowest BCUT2D eigenvalue weighted by Gasteiger charge is -2.17. The minimum absolute atomic E-state index is 0.0263. The molecule has 0 radical (unpaired) electrons. The molecule has 1 aliphatic heterocycles. The number of carbonyl (C=O) groups is 2. The van der Waals surface area contributed by atoms with Crippen LogP contribution in [0.1, 0.15) is 6.42 Å². The van der Waals surface area contributed by atoms with Crippen LogP contribution in [0.3, 0.4) is 0 Å². The van der Waals surface area contributed by atoms with Crippen LogP contribution in [0.2, 0.25) is 0 Å². The number of amides is 3. The van der Waals surface area contributed by atoms with E-state index < -0.39 is 0 Å². The summed E-state index contributed by atoms with van der Waals surface area (Å²) in [4.78, 5) is 25.3. The number of nitrogens with zero attached hydrogens (tertiary/aromatic N) is 1. The van der Waals surface area contributed by atoms with Gasteiger partial charge in [-0.05, 0) is 12.1 Å². The van der Waals surface area contributed by atoms with Crippen LogP contribution in [-0.2, 0) is 9.53 Å². The molecule has 1 saturated heterocycles. The number of hydrogen-bond acceptors (Lipinski definition) is 3. The molecule has 0 aromatic heterocycles. The molecule has 1 aliphatic rings. The summed E-state index contributed by atoms with van der Waals surface area (Å²) in [6.45, 7) is 1.42. The van der Waals surface area contributed by atoms with Gasteiger partial charge in [-0.15, -0.1) is 0 Å². The predicted octanol–water partition coefficient (Wildman–Crippen LogP) is 0.737. The Morgan fingerprint density at radius 2 is 2.15 bits per heavy atom. The largest absolute Gasteiger partial charge is 0.383 e. The minimum Gasteiger partial charge on any atom is -0.383 e. The Hall–Kier alpha value is -2.08. The molecule has 0 bridgehead atoms. The SMILES string of the molecule is COCCNC(=O)N[C@@H]1CC(=O)N(c2ccccc2)C1. The van der Waals surface area contributed by atoms with E-state index in [1.54, 1.807) is 12.0 Å². The molecule has 3 amide bonds. The van der Waals surface area contributed by atoms with E-state index in [2.05, 4.69) is 10.6 Å².